The van der Waals surface area contributed by atoms with E-state index in [2.05, 4.69) is 27.3 Å². The summed E-state index contributed by atoms with van der Waals surface area (Å²) in [4.78, 5) is 32.8. The molecule has 3 N–H and O–H groups in total. The topological polar surface area (TPSA) is 102 Å². The number of carbonyl (C=O) groups excluding carboxylic acids is 1. The molecular formula is C34H33N3O4. The van der Waals surface area contributed by atoms with E-state index in [4.69, 9.17) is 0 Å². The number of aliphatic carboxylic acids is 1. The van der Waals surface area contributed by atoms with Gasteiger partial charge in [0, 0.05) is 17.7 Å². The molecule has 1 saturated heterocycles. The van der Waals surface area contributed by atoms with E-state index in [1.807, 2.05) is 66.7 Å². The number of aliphatic hydroxyl groups excluding tert-OH is 1. The van der Waals surface area contributed by atoms with E-state index in [1.54, 1.807) is 36.4 Å². The molecule has 3 atom stereocenters. The maximum Gasteiger partial charge on any atom is 0.331 e. The lowest BCUT2D eigenvalue weighted by atomic mass is 9.98. The quantitative estimate of drug-likeness (QED) is 0.234. The summed E-state index contributed by atoms with van der Waals surface area (Å²) in [5, 5.41) is 24.3. The van der Waals surface area contributed by atoms with Gasteiger partial charge >= 0.3 is 5.97 Å². The molecule has 1 aliphatic rings. The van der Waals surface area contributed by atoms with Gasteiger partial charge in [-0.25, -0.2) is 4.79 Å². The van der Waals surface area contributed by atoms with Crippen LogP contribution < -0.4 is 5.32 Å². The van der Waals surface area contributed by atoms with Gasteiger partial charge in [0.25, 0.3) is 0 Å². The summed E-state index contributed by atoms with van der Waals surface area (Å²) in [6, 6.07) is 33.5. The van der Waals surface area contributed by atoms with E-state index in [9.17, 15) is 19.8 Å². The Morgan fingerprint density at radius 2 is 1.46 bits per heavy atom. The number of nitrogens with one attached hydrogen (secondary N) is 1. The van der Waals surface area contributed by atoms with Crippen molar-refractivity contribution < 1.29 is 19.8 Å². The summed E-state index contributed by atoms with van der Waals surface area (Å²) >= 11 is 0. The van der Waals surface area contributed by atoms with E-state index in [-0.39, 0.29) is 11.9 Å². The number of hydrogen-bond donors (Lipinski definition) is 3. The van der Waals surface area contributed by atoms with Gasteiger partial charge in [-0.1, -0.05) is 109 Å². The Labute approximate surface area is 239 Å². The van der Waals surface area contributed by atoms with Crippen molar-refractivity contribution in [2.75, 3.05) is 11.9 Å². The number of hydrogen-bond acceptors (Lipinski definition) is 5. The molecule has 7 heteroatoms. The lowest BCUT2D eigenvalue weighted by molar-refractivity contribution is -0.141. The highest BCUT2D eigenvalue weighted by Crippen LogP contribution is 2.27. The van der Waals surface area contributed by atoms with Crippen LogP contribution in [0.5, 0.6) is 0 Å². The second-order valence-corrected chi connectivity index (χ2v) is 10.1. The van der Waals surface area contributed by atoms with Crippen LogP contribution in [0.25, 0.3) is 0 Å². The third-order valence-electron chi connectivity index (χ3n) is 7.34. The number of anilines is 1. The molecule has 1 aliphatic heterocycles. The molecule has 0 aromatic heterocycles. The van der Waals surface area contributed by atoms with E-state index in [0.717, 1.165) is 24.9 Å². The van der Waals surface area contributed by atoms with Gasteiger partial charge in [-0.15, -0.1) is 0 Å². The van der Waals surface area contributed by atoms with Crippen molar-refractivity contribution in [3.8, 4) is 0 Å². The van der Waals surface area contributed by atoms with Crippen molar-refractivity contribution in [2.45, 2.75) is 37.6 Å². The number of aliphatic hydroxyl groups is 1. The van der Waals surface area contributed by atoms with E-state index in [0.29, 0.717) is 34.6 Å². The lowest BCUT2D eigenvalue weighted by Crippen LogP contribution is -2.39. The molecule has 0 radical (unpaired) electrons. The van der Waals surface area contributed by atoms with Crippen LogP contribution in [0.1, 0.15) is 41.2 Å². The summed E-state index contributed by atoms with van der Waals surface area (Å²) in [7, 11) is 0. The molecule has 4 aromatic carbocycles. The number of amides is 1. The van der Waals surface area contributed by atoms with E-state index < -0.39 is 18.1 Å². The largest absolute Gasteiger partial charge is 0.480 e. The Morgan fingerprint density at radius 3 is 2.15 bits per heavy atom. The average Bonchev–Trinajstić information content (AvgIpc) is 3.47. The standard InChI is InChI=1S/C34H33N3O4/c38-32(26-17-8-3-9-18-26)31(34(40)41)36-30(25-15-6-2-7-16-25)27-19-10-11-20-28(27)35-33(39)29-21-12-22-37(29)23-24-13-4-1-5-14-24/h1-11,13-20,29,31-32,38H,12,21-23H2,(H,35,39)(H,40,41)/t29-,31-,32-/m0/s1. The Morgan fingerprint density at radius 1 is 0.854 bits per heavy atom. The normalized spacial score (nSPS) is 17.1. The minimum Gasteiger partial charge on any atom is -0.480 e. The Balaban J connectivity index is 1.48. The zero-order valence-corrected chi connectivity index (χ0v) is 22.6. The number of benzene rings is 4. The SMILES string of the molecule is O=C(O)[C@@H](N=C(c1ccccc1)c1ccccc1NC(=O)[C@@H]1CCCN1Cc1ccccc1)[C@@H](O)c1ccccc1. The van der Waals surface area contributed by atoms with Crippen LogP contribution in [0.4, 0.5) is 5.69 Å². The number of nitrogens with zero attached hydrogens (tertiary/aromatic N) is 2. The van der Waals surface area contributed by atoms with Crippen LogP contribution in [0, 0.1) is 0 Å². The maximum atomic E-state index is 13.6. The molecule has 0 unspecified atom stereocenters. The first-order valence-corrected chi connectivity index (χ1v) is 13.8. The number of carbonyl (C=O) groups is 2. The van der Waals surface area contributed by atoms with Crippen molar-refractivity contribution in [3.63, 3.8) is 0 Å². The van der Waals surface area contributed by atoms with Crippen LogP contribution >= 0.6 is 0 Å². The molecule has 4 aromatic rings. The molecule has 208 valence electrons. The molecule has 0 aliphatic carbocycles. The minimum atomic E-state index is -1.47. The summed E-state index contributed by atoms with van der Waals surface area (Å²) in [5.74, 6) is -1.36. The van der Waals surface area contributed by atoms with Gasteiger partial charge < -0.3 is 15.5 Å². The monoisotopic (exact) mass is 547 g/mol. The van der Waals surface area contributed by atoms with Gasteiger partial charge in [-0.05, 0) is 36.6 Å². The Hall–Kier alpha value is -4.59. The third kappa shape index (κ3) is 6.77. The Kier molecular flexibility index (Phi) is 8.98. The van der Waals surface area contributed by atoms with Gasteiger partial charge in [0.1, 0.15) is 6.10 Å². The first-order valence-electron chi connectivity index (χ1n) is 13.8. The number of carboxylic acid groups (broad SMARTS) is 1. The molecule has 0 saturated carbocycles. The van der Waals surface area contributed by atoms with Crippen LogP contribution in [-0.4, -0.2) is 51.3 Å². The molecule has 5 rings (SSSR count). The number of aliphatic imine (C=N–C) groups is 1. The zero-order chi connectivity index (χ0) is 28.6. The second-order valence-electron chi connectivity index (χ2n) is 10.1. The van der Waals surface area contributed by atoms with Gasteiger partial charge in [0.15, 0.2) is 6.04 Å². The van der Waals surface area contributed by atoms with Crippen LogP contribution in [-0.2, 0) is 16.1 Å². The van der Waals surface area contributed by atoms with E-state index in [1.165, 1.54) is 0 Å². The van der Waals surface area contributed by atoms with Crippen LogP contribution in [0.2, 0.25) is 0 Å². The Bertz CT molecular complexity index is 1490. The molecule has 0 spiro atoms. The van der Waals surface area contributed by atoms with Crippen molar-refractivity contribution >= 4 is 23.3 Å². The molecule has 1 amide bonds. The molecule has 0 bridgehead atoms. The van der Waals surface area contributed by atoms with Gasteiger partial charge in [0.05, 0.1) is 17.4 Å². The average molecular weight is 548 g/mol. The maximum absolute atomic E-state index is 13.6. The highest BCUT2D eigenvalue weighted by Gasteiger charge is 2.32. The van der Waals surface area contributed by atoms with Crippen molar-refractivity contribution in [3.05, 3.63) is 138 Å². The second kappa shape index (κ2) is 13.2. The predicted octanol–water partition coefficient (Wildman–Crippen LogP) is 5.31. The molecule has 1 heterocycles. The van der Waals surface area contributed by atoms with Crippen molar-refractivity contribution in [1.82, 2.24) is 4.90 Å². The first-order chi connectivity index (χ1) is 20.0. The van der Waals surface area contributed by atoms with Gasteiger partial charge in [0.2, 0.25) is 5.91 Å². The summed E-state index contributed by atoms with van der Waals surface area (Å²) in [5.41, 5.74) is 3.76. The first kappa shape index (κ1) is 28.0. The minimum absolute atomic E-state index is 0.114. The third-order valence-corrected chi connectivity index (χ3v) is 7.34. The lowest BCUT2D eigenvalue weighted by Gasteiger charge is -2.24. The fourth-order valence-electron chi connectivity index (χ4n) is 5.27. The molecule has 7 nitrogen and oxygen atoms in total. The van der Waals surface area contributed by atoms with Gasteiger partial charge in [-0.3, -0.25) is 14.7 Å². The molecule has 1 fully saturated rings. The number of likely N-dealkylation sites (tertiary alicyclic amines) is 1. The predicted molar refractivity (Wildman–Crippen MR) is 160 cm³/mol. The smallest absolute Gasteiger partial charge is 0.331 e. The number of rotatable bonds is 10. The summed E-state index contributed by atoms with van der Waals surface area (Å²) in [6.45, 7) is 1.53. The summed E-state index contributed by atoms with van der Waals surface area (Å²) in [6.07, 6.45) is 0.324. The zero-order valence-electron chi connectivity index (χ0n) is 22.6. The number of para-hydroxylation sites is 1. The highest BCUT2D eigenvalue weighted by atomic mass is 16.4. The van der Waals surface area contributed by atoms with Gasteiger partial charge in [-0.2, -0.15) is 0 Å². The highest BCUT2D eigenvalue weighted by molar-refractivity contribution is 6.17. The van der Waals surface area contributed by atoms with E-state index >= 15 is 0 Å². The molecular weight excluding hydrogens is 514 g/mol. The van der Waals surface area contributed by atoms with Crippen LogP contribution in [0.15, 0.2) is 120 Å². The van der Waals surface area contributed by atoms with Crippen molar-refractivity contribution in [2.24, 2.45) is 4.99 Å². The fourth-order valence-corrected chi connectivity index (χ4v) is 5.27. The number of carboxylic acids is 1. The summed E-state index contributed by atoms with van der Waals surface area (Å²) < 4.78 is 0. The van der Waals surface area contributed by atoms with Crippen LogP contribution in [0.3, 0.4) is 0 Å². The fraction of sp³-hybridized carbons (Fsp3) is 0.206. The molecule has 41 heavy (non-hydrogen) atoms. The van der Waals surface area contributed by atoms with Crippen molar-refractivity contribution in [1.29, 1.82) is 0 Å².